The van der Waals surface area contributed by atoms with E-state index in [2.05, 4.69) is 78.2 Å². The van der Waals surface area contributed by atoms with Crippen LogP contribution in [0.15, 0.2) is 66.2 Å². The summed E-state index contributed by atoms with van der Waals surface area (Å²) in [4.78, 5) is 30.8. The van der Waals surface area contributed by atoms with Gasteiger partial charge in [0.2, 0.25) is 0 Å². The average Bonchev–Trinajstić information content (AvgIpc) is 3.25. The SMILES string of the molecule is CN1C(=O)C(=Cc2ccc(N3c4ccccc4[Se]c4ccccc43)[te]2)C(=O)N(C)C1S. The van der Waals surface area contributed by atoms with Crippen LogP contribution in [0.4, 0.5) is 15.1 Å². The van der Waals surface area contributed by atoms with Crippen LogP contribution in [0.25, 0.3) is 6.08 Å². The summed E-state index contributed by atoms with van der Waals surface area (Å²) in [6.45, 7) is 0. The van der Waals surface area contributed by atoms with Gasteiger partial charge < -0.3 is 0 Å². The summed E-state index contributed by atoms with van der Waals surface area (Å²) in [6.07, 6.45) is 1.79. The summed E-state index contributed by atoms with van der Waals surface area (Å²) in [6, 6.07) is 21.4. The number of carbonyl (C=O) groups is 2. The van der Waals surface area contributed by atoms with Crippen molar-refractivity contribution in [2.75, 3.05) is 19.0 Å². The van der Waals surface area contributed by atoms with Crippen LogP contribution in [-0.4, -0.2) is 76.6 Å². The van der Waals surface area contributed by atoms with E-state index in [1.165, 1.54) is 33.8 Å². The van der Waals surface area contributed by atoms with Crippen molar-refractivity contribution in [3.8, 4) is 0 Å². The minimum atomic E-state index is -0.774. The fourth-order valence-corrected chi connectivity index (χ4v) is 8.91. The van der Waals surface area contributed by atoms with Gasteiger partial charge in [0.25, 0.3) is 0 Å². The molecule has 0 radical (unpaired) electrons. The molecule has 0 aliphatic carbocycles. The van der Waals surface area contributed by atoms with Gasteiger partial charge in [-0.25, -0.2) is 0 Å². The van der Waals surface area contributed by atoms with Gasteiger partial charge in [-0.15, -0.1) is 0 Å². The third-order valence-corrected chi connectivity index (χ3v) is 11.3. The van der Waals surface area contributed by atoms with Crippen LogP contribution in [0.5, 0.6) is 0 Å². The average molecular weight is 608 g/mol. The predicted molar refractivity (Wildman–Crippen MR) is 129 cm³/mol. The molecule has 5 rings (SSSR count). The molecule has 1 aromatic heterocycles. The molecule has 0 saturated carbocycles. The maximum atomic E-state index is 12.7. The van der Waals surface area contributed by atoms with Crippen molar-refractivity contribution in [1.29, 1.82) is 0 Å². The van der Waals surface area contributed by atoms with Crippen molar-refractivity contribution in [2.45, 2.75) is 5.50 Å². The van der Waals surface area contributed by atoms with Gasteiger partial charge >= 0.3 is 204 Å². The number of hydrogen-bond acceptors (Lipinski definition) is 4. The Balaban J connectivity index is 1.56. The van der Waals surface area contributed by atoms with E-state index in [-0.39, 0.29) is 32.3 Å². The fourth-order valence-electron chi connectivity index (χ4n) is 3.69. The Morgan fingerprint density at radius 1 is 0.871 bits per heavy atom. The summed E-state index contributed by atoms with van der Waals surface area (Å²) in [5.41, 5.74) is 2.15. The molecule has 31 heavy (non-hydrogen) atoms. The van der Waals surface area contributed by atoms with Gasteiger partial charge in [0, 0.05) is 0 Å². The molecule has 2 aromatic carbocycles. The van der Waals surface area contributed by atoms with E-state index >= 15 is 0 Å². The van der Waals surface area contributed by atoms with Crippen molar-refractivity contribution in [3.63, 3.8) is 0 Å². The zero-order valence-electron chi connectivity index (χ0n) is 16.9. The van der Waals surface area contributed by atoms with Crippen LogP contribution in [-0.2, 0) is 9.59 Å². The van der Waals surface area contributed by atoms with Gasteiger partial charge in [-0.1, -0.05) is 0 Å². The topological polar surface area (TPSA) is 43.9 Å². The number of thiol groups is 1. The van der Waals surface area contributed by atoms with Gasteiger partial charge in [-0.3, -0.25) is 0 Å². The van der Waals surface area contributed by atoms with Crippen LogP contribution < -0.4 is 13.8 Å². The Labute approximate surface area is 202 Å². The van der Waals surface area contributed by atoms with Crippen molar-refractivity contribution in [2.24, 2.45) is 0 Å². The molecule has 1 saturated heterocycles. The summed E-state index contributed by atoms with van der Waals surface area (Å²) < 4.78 is 5.07. The van der Waals surface area contributed by atoms with Crippen LogP contribution >= 0.6 is 12.6 Å². The molecule has 0 N–H and O–H groups in total. The standard InChI is InChI=1S/C23H19N3O2SSeTe/c1-24-21(27)15(22(28)25(2)23(24)29)13-14-11-12-20(31-14)26-16-7-3-5-9-18(16)30-19-10-6-4-8-17(19)26/h3-13,23,29H,1-2H3. The summed E-state index contributed by atoms with van der Waals surface area (Å²) in [7, 11) is 3.34. The molecule has 2 aliphatic rings. The van der Waals surface area contributed by atoms with Gasteiger partial charge in [0.1, 0.15) is 0 Å². The third-order valence-electron chi connectivity index (χ3n) is 5.35. The molecule has 8 heteroatoms. The number of likely N-dealkylation sites (N-methyl/N-ethyl adjacent to an activating group) is 2. The number of rotatable bonds is 2. The van der Waals surface area contributed by atoms with Crippen LogP contribution in [0.1, 0.15) is 3.58 Å². The van der Waals surface area contributed by atoms with Gasteiger partial charge in [0.15, 0.2) is 0 Å². The molecule has 1 fully saturated rings. The molecule has 156 valence electrons. The van der Waals surface area contributed by atoms with Crippen molar-refractivity contribution < 1.29 is 9.59 Å². The summed E-state index contributed by atoms with van der Waals surface area (Å²) >= 11 is 3.86. The molecular formula is C23H19N3O2SSeTe. The van der Waals surface area contributed by atoms with Gasteiger partial charge in [-0.2, -0.15) is 0 Å². The van der Waals surface area contributed by atoms with Crippen LogP contribution in [0, 0.1) is 0 Å². The molecular weight excluding hydrogens is 589 g/mol. The number of amides is 2. The third kappa shape index (κ3) is 3.57. The Kier molecular flexibility index (Phi) is 5.54. The van der Waals surface area contributed by atoms with E-state index in [0.717, 1.165) is 3.58 Å². The maximum absolute atomic E-state index is 12.7. The van der Waals surface area contributed by atoms with Crippen LogP contribution in [0.2, 0.25) is 0 Å². The quantitative estimate of drug-likeness (QED) is 0.163. The second-order valence-electron chi connectivity index (χ2n) is 7.29. The van der Waals surface area contributed by atoms with Crippen molar-refractivity contribution >= 4 is 89.9 Å². The summed E-state index contributed by atoms with van der Waals surface area (Å²) in [5.74, 6) is -0.553. The number of hydrogen-bond donors (Lipinski definition) is 1. The number of nitrogens with zero attached hydrogens (tertiary/aromatic N) is 3. The first-order chi connectivity index (χ1) is 15.0. The Hall–Kier alpha value is -1.94. The first-order valence-corrected chi connectivity index (χ1v) is 14.2. The first-order valence-electron chi connectivity index (χ1n) is 9.65. The molecule has 5 nitrogen and oxygen atoms in total. The Morgan fingerprint density at radius 3 is 2.00 bits per heavy atom. The number of carbonyl (C=O) groups excluding carboxylic acids is 2. The van der Waals surface area contributed by atoms with E-state index < -0.39 is 25.9 Å². The molecule has 0 atom stereocenters. The van der Waals surface area contributed by atoms with E-state index in [9.17, 15) is 9.59 Å². The Morgan fingerprint density at radius 2 is 1.42 bits per heavy atom. The van der Waals surface area contributed by atoms with Crippen molar-refractivity contribution in [3.05, 3.63) is 69.8 Å². The number of fused-ring (bicyclic) bond motifs is 2. The zero-order chi connectivity index (χ0) is 21.7. The van der Waals surface area contributed by atoms with E-state index in [1.807, 2.05) is 0 Å². The van der Waals surface area contributed by atoms with E-state index in [4.69, 9.17) is 0 Å². The Bertz CT molecular complexity index is 1170. The summed E-state index contributed by atoms with van der Waals surface area (Å²) in [5, 5.41) is 0. The fraction of sp³-hybridized carbons (Fsp3) is 0.130. The molecule has 0 spiro atoms. The zero-order valence-corrected chi connectivity index (χ0v) is 21.8. The molecule has 0 bridgehead atoms. The molecule has 0 unspecified atom stereocenters. The normalized spacial score (nSPS) is 18.2. The number of benzene rings is 2. The second-order valence-corrected chi connectivity index (χ2v) is 13.1. The minimum absolute atomic E-state index is 0.212. The van der Waals surface area contributed by atoms with Crippen molar-refractivity contribution in [1.82, 2.24) is 9.80 Å². The van der Waals surface area contributed by atoms with Gasteiger partial charge in [0.05, 0.1) is 0 Å². The van der Waals surface area contributed by atoms with Gasteiger partial charge in [-0.05, 0) is 0 Å². The van der Waals surface area contributed by atoms with Crippen LogP contribution in [0.3, 0.4) is 0 Å². The number of anilines is 3. The number of para-hydroxylation sites is 2. The predicted octanol–water partition coefficient (Wildman–Crippen LogP) is 1.71. The molecule has 2 aliphatic heterocycles. The monoisotopic (exact) mass is 611 g/mol. The molecule has 3 aromatic rings. The molecule has 2 amide bonds. The first kappa shape index (κ1) is 20.9. The van der Waals surface area contributed by atoms with E-state index in [0.29, 0.717) is 0 Å². The van der Waals surface area contributed by atoms with E-state index in [1.54, 1.807) is 20.2 Å². The molecule has 3 heterocycles. The second kappa shape index (κ2) is 8.20.